The summed E-state index contributed by atoms with van der Waals surface area (Å²) in [5.74, 6) is 0.691. The number of hydrogen-bond donors (Lipinski definition) is 0. The van der Waals surface area contributed by atoms with Crippen LogP contribution in [0, 0.1) is 0 Å². The van der Waals surface area contributed by atoms with Crippen molar-refractivity contribution in [2.45, 2.75) is 44.4 Å². The van der Waals surface area contributed by atoms with Gasteiger partial charge in [-0.2, -0.15) is 0 Å². The average molecular weight is 255 g/mol. The van der Waals surface area contributed by atoms with Gasteiger partial charge >= 0.3 is 0 Å². The molecule has 1 amide bonds. The SMILES string of the molecule is C=CCSC1N(C(=O)C=C)C(C)(C)OC1(C)C. The number of nitrogens with zero attached hydrogens (tertiary/aromatic N) is 1. The molecule has 0 spiro atoms. The Balaban J connectivity index is 3.05. The Hall–Kier alpha value is -0.740. The van der Waals surface area contributed by atoms with Crippen LogP contribution < -0.4 is 0 Å². The van der Waals surface area contributed by atoms with Gasteiger partial charge in [0.15, 0.2) is 0 Å². The van der Waals surface area contributed by atoms with Gasteiger partial charge < -0.3 is 4.74 Å². The number of ether oxygens (including phenoxy) is 1. The molecule has 1 rings (SSSR count). The maximum atomic E-state index is 12.0. The van der Waals surface area contributed by atoms with Crippen molar-refractivity contribution in [2.24, 2.45) is 0 Å². The molecule has 1 unspecified atom stereocenters. The van der Waals surface area contributed by atoms with Crippen LogP contribution >= 0.6 is 11.8 Å². The Labute approximate surface area is 108 Å². The number of amides is 1. The van der Waals surface area contributed by atoms with E-state index in [0.29, 0.717) is 0 Å². The molecular formula is C13H21NO2S. The molecule has 96 valence electrons. The van der Waals surface area contributed by atoms with E-state index in [9.17, 15) is 4.79 Å². The van der Waals surface area contributed by atoms with Crippen LogP contribution in [-0.2, 0) is 9.53 Å². The fourth-order valence-electron chi connectivity index (χ4n) is 2.25. The van der Waals surface area contributed by atoms with Crippen LogP contribution in [-0.4, -0.2) is 33.3 Å². The molecule has 0 aromatic rings. The van der Waals surface area contributed by atoms with Gasteiger partial charge in [0.05, 0.1) is 5.60 Å². The van der Waals surface area contributed by atoms with Crippen LogP contribution in [0.5, 0.6) is 0 Å². The molecule has 0 aromatic heterocycles. The third kappa shape index (κ3) is 2.75. The topological polar surface area (TPSA) is 29.5 Å². The van der Waals surface area contributed by atoms with Crippen molar-refractivity contribution in [1.29, 1.82) is 0 Å². The predicted octanol–water partition coefficient (Wildman–Crippen LogP) is 2.79. The summed E-state index contributed by atoms with van der Waals surface area (Å²) in [5, 5.41) is -0.0269. The fraction of sp³-hybridized carbons (Fsp3) is 0.615. The number of carbonyl (C=O) groups excluding carboxylic acids is 1. The fourth-order valence-corrected chi connectivity index (χ4v) is 3.52. The van der Waals surface area contributed by atoms with E-state index in [1.807, 2.05) is 33.8 Å². The van der Waals surface area contributed by atoms with Crippen LogP contribution in [0.15, 0.2) is 25.3 Å². The summed E-state index contributed by atoms with van der Waals surface area (Å²) in [6.07, 6.45) is 3.18. The summed E-state index contributed by atoms with van der Waals surface area (Å²) in [6.45, 7) is 15.1. The average Bonchev–Trinajstić information content (AvgIpc) is 2.38. The van der Waals surface area contributed by atoms with E-state index in [0.717, 1.165) is 5.75 Å². The minimum absolute atomic E-state index is 0.0269. The number of hydrogen-bond acceptors (Lipinski definition) is 3. The first kappa shape index (κ1) is 14.3. The molecule has 0 bridgehead atoms. The molecule has 0 N–H and O–H groups in total. The number of thioether (sulfide) groups is 1. The maximum Gasteiger partial charge on any atom is 0.249 e. The highest BCUT2D eigenvalue weighted by Crippen LogP contribution is 2.44. The second kappa shape index (κ2) is 4.86. The minimum Gasteiger partial charge on any atom is -0.347 e. The third-order valence-electron chi connectivity index (χ3n) is 2.71. The minimum atomic E-state index is -0.604. The standard InChI is InChI=1S/C13H21NO2S/c1-7-9-17-11-12(3,4)16-13(5,6)14(11)10(15)8-2/h7-8,11H,1-2,9H2,3-6H3. The molecule has 4 heteroatoms. The van der Waals surface area contributed by atoms with Gasteiger partial charge in [-0.3, -0.25) is 9.69 Å². The predicted molar refractivity (Wildman–Crippen MR) is 72.7 cm³/mol. The van der Waals surface area contributed by atoms with Gasteiger partial charge in [0.1, 0.15) is 11.1 Å². The largest absolute Gasteiger partial charge is 0.347 e. The van der Waals surface area contributed by atoms with Gasteiger partial charge in [-0.05, 0) is 33.8 Å². The first-order valence-electron chi connectivity index (χ1n) is 5.64. The Morgan fingerprint density at radius 1 is 1.41 bits per heavy atom. The van der Waals surface area contributed by atoms with E-state index in [1.54, 1.807) is 16.7 Å². The lowest BCUT2D eigenvalue weighted by Gasteiger charge is -2.32. The van der Waals surface area contributed by atoms with E-state index < -0.39 is 5.72 Å². The molecule has 1 aliphatic rings. The Morgan fingerprint density at radius 2 is 2.00 bits per heavy atom. The summed E-state index contributed by atoms with van der Waals surface area (Å²) >= 11 is 1.66. The highest BCUT2D eigenvalue weighted by atomic mass is 32.2. The Morgan fingerprint density at radius 3 is 2.47 bits per heavy atom. The van der Waals surface area contributed by atoms with Crippen LogP contribution in [0.4, 0.5) is 0 Å². The van der Waals surface area contributed by atoms with Crippen molar-refractivity contribution in [3.8, 4) is 0 Å². The zero-order valence-electron chi connectivity index (χ0n) is 11.0. The van der Waals surface area contributed by atoms with Gasteiger partial charge in [-0.1, -0.05) is 12.7 Å². The van der Waals surface area contributed by atoms with Crippen molar-refractivity contribution in [3.63, 3.8) is 0 Å². The van der Waals surface area contributed by atoms with Gasteiger partial charge in [0, 0.05) is 5.75 Å². The van der Waals surface area contributed by atoms with Crippen molar-refractivity contribution >= 4 is 17.7 Å². The molecule has 0 radical (unpaired) electrons. The molecule has 17 heavy (non-hydrogen) atoms. The van der Waals surface area contributed by atoms with Crippen LogP contribution in [0.25, 0.3) is 0 Å². The zero-order chi connectivity index (χ0) is 13.3. The quantitative estimate of drug-likeness (QED) is 0.571. The van der Waals surface area contributed by atoms with Gasteiger partial charge in [-0.15, -0.1) is 18.3 Å². The van der Waals surface area contributed by atoms with Crippen molar-refractivity contribution < 1.29 is 9.53 Å². The van der Waals surface area contributed by atoms with E-state index in [1.165, 1.54) is 6.08 Å². The monoisotopic (exact) mass is 255 g/mol. The Kier molecular flexibility index (Phi) is 4.10. The summed E-state index contributed by atoms with van der Waals surface area (Å²) in [5.41, 5.74) is -0.983. The van der Waals surface area contributed by atoms with Crippen molar-refractivity contribution in [1.82, 2.24) is 4.90 Å². The Bertz CT molecular complexity index is 336. The lowest BCUT2D eigenvalue weighted by atomic mass is 10.1. The molecule has 1 saturated heterocycles. The molecular weight excluding hydrogens is 234 g/mol. The van der Waals surface area contributed by atoms with Crippen LogP contribution in [0.2, 0.25) is 0 Å². The van der Waals surface area contributed by atoms with Gasteiger partial charge in [-0.25, -0.2) is 0 Å². The van der Waals surface area contributed by atoms with E-state index in [2.05, 4.69) is 13.2 Å². The smallest absolute Gasteiger partial charge is 0.249 e. The molecule has 0 aromatic carbocycles. The van der Waals surface area contributed by atoms with Crippen molar-refractivity contribution in [3.05, 3.63) is 25.3 Å². The first-order chi connectivity index (χ1) is 7.76. The zero-order valence-corrected chi connectivity index (χ0v) is 11.8. The highest BCUT2D eigenvalue weighted by Gasteiger charge is 2.53. The summed E-state index contributed by atoms with van der Waals surface area (Å²) in [4.78, 5) is 13.7. The lowest BCUT2D eigenvalue weighted by Crippen LogP contribution is -2.47. The summed E-state index contributed by atoms with van der Waals surface area (Å²) in [7, 11) is 0. The lowest BCUT2D eigenvalue weighted by molar-refractivity contribution is -0.144. The van der Waals surface area contributed by atoms with E-state index in [4.69, 9.17) is 4.74 Å². The van der Waals surface area contributed by atoms with Gasteiger partial charge in [0.25, 0.3) is 0 Å². The molecule has 1 fully saturated rings. The van der Waals surface area contributed by atoms with Gasteiger partial charge in [0.2, 0.25) is 5.91 Å². The number of carbonyl (C=O) groups is 1. The third-order valence-corrected chi connectivity index (χ3v) is 4.23. The molecule has 0 aliphatic carbocycles. The normalized spacial score (nSPS) is 25.6. The summed E-state index contributed by atoms with van der Waals surface area (Å²) < 4.78 is 5.98. The number of rotatable bonds is 4. The van der Waals surface area contributed by atoms with Crippen molar-refractivity contribution in [2.75, 3.05) is 5.75 Å². The maximum absolute atomic E-state index is 12.0. The molecule has 0 saturated carbocycles. The highest BCUT2D eigenvalue weighted by molar-refractivity contribution is 8.00. The van der Waals surface area contributed by atoms with Crippen LogP contribution in [0.3, 0.4) is 0 Å². The van der Waals surface area contributed by atoms with E-state index in [-0.39, 0.29) is 16.9 Å². The van der Waals surface area contributed by atoms with Crippen LogP contribution in [0.1, 0.15) is 27.7 Å². The molecule has 3 nitrogen and oxygen atoms in total. The molecule has 1 heterocycles. The molecule has 1 atom stereocenters. The summed E-state index contributed by atoms with van der Waals surface area (Å²) in [6, 6.07) is 0. The molecule has 1 aliphatic heterocycles. The van der Waals surface area contributed by atoms with E-state index >= 15 is 0 Å². The first-order valence-corrected chi connectivity index (χ1v) is 6.69. The second-order valence-corrected chi connectivity index (χ2v) is 6.15. The second-order valence-electron chi connectivity index (χ2n) is 5.04.